The molecule has 3 aromatic rings. The third kappa shape index (κ3) is 3.26. The molecular weight excluding hydrogens is 342 g/mol. The Balaban J connectivity index is 1.31. The Kier molecular flexibility index (Phi) is 3.82. The van der Waals surface area contributed by atoms with E-state index in [4.69, 9.17) is 4.74 Å². The highest BCUT2D eigenvalue weighted by atomic mass is 16.5. The lowest BCUT2D eigenvalue weighted by atomic mass is 10.00. The topological polar surface area (TPSA) is 85.1 Å². The SMILES string of the molecule is Oc1cc(-n2cccc2)ccc1-c1cnc(O[C@H]2CCNC3(CC3)C2)nn1. The lowest BCUT2D eigenvalue weighted by Gasteiger charge is -2.29. The lowest BCUT2D eigenvalue weighted by Crippen LogP contribution is -2.44. The van der Waals surface area contributed by atoms with Crippen molar-refractivity contribution in [2.75, 3.05) is 6.54 Å². The number of ether oxygens (including phenoxy) is 1. The standard InChI is InChI=1S/C20H21N5O2/c26-18-11-14(25-9-1-2-10-25)3-4-16(18)17-13-21-19(24-23-17)27-15-5-8-22-20(12-15)6-7-20/h1-4,9-11,13,15,22,26H,5-8,12H2/t15-/m0/s1. The largest absolute Gasteiger partial charge is 0.507 e. The summed E-state index contributed by atoms with van der Waals surface area (Å²) in [6.07, 6.45) is 9.99. The van der Waals surface area contributed by atoms with E-state index in [1.54, 1.807) is 12.3 Å². The van der Waals surface area contributed by atoms with Gasteiger partial charge < -0.3 is 19.7 Å². The first-order chi connectivity index (χ1) is 13.2. The van der Waals surface area contributed by atoms with Gasteiger partial charge in [0.25, 0.3) is 0 Å². The zero-order valence-electron chi connectivity index (χ0n) is 14.9. The first kappa shape index (κ1) is 16.3. The number of piperidine rings is 1. The smallest absolute Gasteiger partial charge is 0.335 e. The predicted octanol–water partition coefficient (Wildman–Crippen LogP) is 2.70. The van der Waals surface area contributed by atoms with Crippen LogP contribution in [0.1, 0.15) is 25.7 Å². The second kappa shape index (κ2) is 6.35. The summed E-state index contributed by atoms with van der Waals surface area (Å²) < 4.78 is 7.86. The third-order valence-electron chi connectivity index (χ3n) is 5.41. The molecule has 1 aliphatic carbocycles. The molecule has 7 heteroatoms. The number of aromatic nitrogens is 4. The van der Waals surface area contributed by atoms with Crippen LogP contribution in [0.2, 0.25) is 0 Å². The minimum atomic E-state index is 0.135. The summed E-state index contributed by atoms with van der Waals surface area (Å²) in [7, 11) is 0. The molecule has 1 saturated carbocycles. The van der Waals surface area contributed by atoms with E-state index in [-0.39, 0.29) is 11.9 Å². The zero-order valence-corrected chi connectivity index (χ0v) is 14.9. The van der Waals surface area contributed by atoms with Crippen LogP contribution >= 0.6 is 0 Å². The summed E-state index contributed by atoms with van der Waals surface area (Å²) in [6.45, 7) is 0.970. The number of benzene rings is 1. The van der Waals surface area contributed by atoms with Crippen LogP contribution in [0.4, 0.5) is 0 Å². The molecule has 0 unspecified atom stereocenters. The van der Waals surface area contributed by atoms with Crippen molar-refractivity contribution in [2.45, 2.75) is 37.3 Å². The molecule has 1 aromatic carbocycles. The van der Waals surface area contributed by atoms with Gasteiger partial charge in [-0.25, -0.2) is 4.98 Å². The van der Waals surface area contributed by atoms with Crippen molar-refractivity contribution in [1.82, 2.24) is 25.1 Å². The molecule has 5 rings (SSSR count). The van der Waals surface area contributed by atoms with Gasteiger partial charge in [0.1, 0.15) is 17.5 Å². The van der Waals surface area contributed by atoms with Crippen molar-refractivity contribution in [3.05, 3.63) is 48.9 Å². The molecule has 1 atom stereocenters. The second-order valence-electron chi connectivity index (χ2n) is 7.36. The Hall–Kier alpha value is -2.93. The summed E-state index contributed by atoms with van der Waals surface area (Å²) in [5, 5.41) is 22.3. The first-order valence-electron chi connectivity index (χ1n) is 9.29. The van der Waals surface area contributed by atoms with Gasteiger partial charge in [-0.2, -0.15) is 0 Å². The van der Waals surface area contributed by atoms with Gasteiger partial charge in [-0.1, -0.05) is 5.10 Å². The molecule has 1 aliphatic heterocycles. The van der Waals surface area contributed by atoms with E-state index in [0.29, 0.717) is 22.8 Å². The van der Waals surface area contributed by atoms with E-state index < -0.39 is 0 Å². The Morgan fingerprint density at radius 2 is 2.04 bits per heavy atom. The van der Waals surface area contributed by atoms with Crippen LogP contribution in [0, 0.1) is 0 Å². The molecule has 2 aromatic heterocycles. The molecule has 27 heavy (non-hydrogen) atoms. The van der Waals surface area contributed by atoms with Crippen LogP contribution in [0.3, 0.4) is 0 Å². The second-order valence-corrected chi connectivity index (χ2v) is 7.36. The molecular formula is C20H21N5O2. The molecule has 3 heterocycles. The third-order valence-corrected chi connectivity index (χ3v) is 5.41. The predicted molar refractivity (Wildman–Crippen MR) is 99.9 cm³/mol. The summed E-state index contributed by atoms with van der Waals surface area (Å²) in [6, 6.07) is 9.61. The van der Waals surface area contributed by atoms with Gasteiger partial charge in [0.05, 0.1) is 6.20 Å². The minimum Gasteiger partial charge on any atom is -0.507 e. The van der Waals surface area contributed by atoms with Crippen molar-refractivity contribution >= 4 is 0 Å². The van der Waals surface area contributed by atoms with Gasteiger partial charge >= 0.3 is 6.01 Å². The summed E-state index contributed by atoms with van der Waals surface area (Å²) >= 11 is 0. The number of phenolic OH excluding ortho intramolecular Hbond substituents is 1. The lowest BCUT2D eigenvalue weighted by molar-refractivity contribution is 0.121. The summed E-state index contributed by atoms with van der Waals surface area (Å²) in [5.74, 6) is 0.139. The number of hydrogen-bond acceptors (Lipinski definition) is 6. The highest BCUT2D eigenvalue weighted by Gasteiger charge is 2.46. The number of aromatic hydroxyl groups is 1. The fraction of sp³-hybridized carbons (Fsp3) is 0.350. The van der Waals surface area contributed by atoms with Gasteiger partial charge in [-0.05, 0) is 50.1 Å². The highest BCUT2D eigenvalue weighted by molar-refractivity contribution is 5.67. The molecule has 138 valence electrons. The molecule has 0 radical (unpaired) electrons. The zero-order chi connectivity index (χ0) is 18.3. The molecule has 0 amide bonds. The fourth-order valence-corrected chi connectivity index (χ4v) is 3.74. The van der Waals surface area contributed by atoms with Gasteiger partial charge in [-0.3, -0.25) is 0 Å². The Bertz CT molecular complexity index is 936. The average Bonchev–Trinajstić information content (AvgIpc) is 3.20. The Labute approximate surface area is 157 Å². The molecule has 2 N–H and O–H groups in total. The van der Waals surface area contributed by atoms with Gasteiger partial charge in [0.2, 0.25) is 0 Å². The number of hydrogen-bond donors (Lipinski definition) is 2. The van der Waals surface area contributed by atoms with E-state index in [2.05, 4.69) is 20.5 Å². The fourth-order valence-electron chi connectivity index (χ4n) is 3.74. The minimum absolute atomic E-state index is 0.135. The van der Waals surface area contributed by atoms with E-state index in [1.807, 2.05) is 41.2 Å². The van der Waals surface area contributed by atoms with Crippen molar-refractivity contribution in [1.29, 1.82) is 0 Å². The van der Waals surface area contributed by atoms with Crippen molar-refractivity contribution in [2.24, 2.45) is 0 Å². The number of phenols is 1. The van der Waals surface area contributed by atoms with Crippen LogP contribution in [-0.2, 0) is 0 Å². The number of nitrogens with zero attached hydrogens (tertiary/aromatic N) is 4. The Morgan fingerprint density at radius 3 is 2.74 bits per heavy atom. The molecule has 0 bridgehead atoms. The van der Waals surface area contributed by atoms with Crippen LogP contribution in [-0.4, -0.2) is 43.0 Å². The van der Waals surface area contributed by atoms with Gasteiger partial charge in [0.15, 0.2) is 0 Å². The normalized spacial score (nSPS) is 20.5. The van der Waals surface area contributed by atoms with E-state index in [0.717, 1.165) is 25.1 Å². The Morgan fingerprint density at radius 1 is 1.19 bits per heavy atom. The number of nitrogens with one attached hydrogen (secondary N) is 1. The molecule has 2 aliphatic rings. The van der Waals surface area contributed by atoms with E-state index >= 15 is 0 Å². The monoisotopic (exact) mass is 363 g/mol. The average molecular weight is 363 g/mol. The van der Waals surface area contributed by atoms with Gasteiger partial charge in [-0.15, -0.1) is 5.10 Å². The van der Waals surface area contributed by atoms with Crippen LogP contribution < -0.4 is 10.1 Å². The maximum atomic E-state index is 10.4. The quantitative estimate of drug-likeness (QED) is 0.741. The van der Waals surface area contributed by atoms with Crippen molar-refractivity contribution in [3.63, 3.8) is 0 Å². The molecule has 1 saturated heterocycles. The van der Waals surface area contributed by atoms with E-state index in [1.165, 1.54) is 12.8 Å². The molecule has 7 nitrogen and oxygen atoms in total. The molecule has 2 fully saturated rings. The van der Waals surface area contributed by atoms with Crippen LogP contribution in [0.5, 0.6) is 11.8 Å². The van der Waals surface area contributed by atoms with Crippen LogP contribution in [0.25, 0.3) is 16.9 Å². The summed E-state index contributed by atoms with van der Waals surface area (Å²) in [5.41, 5.74) is 2.28. The number of rotatable bonds is 4. The van der Waals surface area contributed by atoms with E-state index in [9.17, 15) is 5.11 Å². The highest BCUT2D eigenvalue weighted by Crippen LogP contribution is 2.42. The maximum Gasteiger partial charge on any atom is 0.335 e. The van der Waals surface area contributed by atoms with Gasteiger partial charge in [0, 0.05) is 41.7 Å². The van der Waals surface area contributed by atoms with Crippen molar-refractivity contribution < 1.29 is 9.84 Å². The van der Waals surface area contributed by atoms with Crippen molar-refractivity contribution in [3.8, 4) is 28.7 Å². The molecule has 1 spiro atoms. The maximum absolute atomic E-state index is 10.4. The summed E-state index contributed by atoms with van der Waals surface area (Å²) in [4.78, 5) is 4.30. The first-order valence-corrected chi connectivity index (χ1v) is 9.29. The van der Waals surface area contributed by atoms with Crippen LogP contribution in [0.15, 0.2) is 48.9 Å².